The van der Waals surface area contributed by atoms with Gasteiger partial charge in [-0.05, 0) is 13.3 Å². The predicted molar refractivity (Wildman–Crippen MR) is 70.2 cm³/mol. The second kappa shape index (κ2) is 3.80. The molecular weight excluding hydrogens is 246 g/mol. The highest BCUT2D eigenvalue weighted by Crippen LogP contribution is 2.41. The fourth-order valence-electron chi connectivity index (χ4n) is 2.50. The summed E-state index contributed by atoms with van der Waals surface area (Å²) in [4.78, 5) is 15.9. The van der Waals surface area contributed by atoms with E-state index in [2.05, 4.69) is 20.5 Å². The minimum absolute atomic E-state index is 0.169. The molecule has 1 fully saturated rings. The highest BCUT2D eigenvalue weighted by atomic mass is 16.3. The first-order chi connectivity index (χ1) is 8.89. The summed E-state index contributed by atoms with van der Waals surface area (Å²) in [6.45, 7) is 5.79. The first kappa shape index (κ1) is 12.2. The van der Waals surface area contributed by atoms with Gasteiger partial charge in [0.15, 0.2) is 5.65 Å². The fourth-order valence-corrected chi connectivity index (χ4v) is 2.50. The smallest absolute Gasteiger partial charge is 0.349 e. The number of aromatic nitrogens is 4. The molecular formula is C12H17N5O2. The molecule has 1 aliphatic carbocycles. The van der Waals surface area contributed by atoms with E-state index < -0.39 is 0 Å². The van der Waals surface area contributed by atoms with Crippen LogP contribution in [0.25, 0.3) is 5.65 Å². The summed E-state index contributed by atoms with van der Waals surface area (Å²) in [5, 5.41) is 19.4. The molecule has 3 rings (SSSR count). The molecule has 7 heteroatoms. The maximum absolute atomic E-state index is 11.5. The number of rotatable bonds is 2. The van der Waals surface area contributed by atoms with Crippen LogP contribution in [0, 0.1) is 12.3 Å². The lowest BCUT2D eigenvalue weighted by molar-refractivity contribution is -0.0511. The lowest BCUT2D eigenvalue weighted by atomic mass is 9.64. The number of anilines is 1. The number of hydrogen-bond acceptors (Lipinski definition) is 5. The molecule has 7 nitrogen and oxygen atoms in total. The van der Waals surface area contributed by atoms with Crippen LogP contribution in [0.1, 0.15) is 26.1 Å². The highest BCUT2D eigenvalue weighted by Gasteiger charge is 2.47. The largest absolute Gasteiger partial charge is 0.392 e. The van der Waals surface area contributed by atoms with E-state index in [1.165, 1.54) is 4.40 Å². The van der Waals surface area contributed by atoms with E-state index in [1.807, 2.05) is 13.8 Å². The van der Waals surface area contributed by atoms with Crippen molar-refractivity contribution in [3.8, 4) is 0 Å². The van der Waals surface area contributed by atoms with Gasteiger partial charge in [0.1, 0.15) is 11.6 Å². The third-order valence-corrected chi connectivity index (χ3v) is 4.11. The third kappa shape index (κ3) is 1.73. The molecule has 2 heterocycles. The first-order valence-corrected chi connectivity index (χ1v) is 6.29. The van der Waals surface area contributed by atoms with Gasteiger partial charge < -0.3 is 10.4 Å². The van der Waals surface area contributed by atoms with E-state index in [-0.39, 0.29) is 23.3 Å². The van der Waals surface area contributed by atoms with Crippen molar-refractivity contribution in [1.29, 1.82) is 0 Å². The Morgan fingerprint density at radius 3 is 2.95 bits per heavy atom. The molecule has 2 atom stereocenters. The van der Waals surface area contributed by atoms with Gasteiger partial charge >= 0.3 is 5.69 Å². The number of nitrogens with zero attached hydrogens (tertiary/aromatic N) is 3. The van der Waals surface area contributed by atoms with Crippen molar-refractivity contribution in [1.82, 2.24) is 19.6 Å². The summed E-state index contributed by atoms with van der Waals surface area (Å²) >= 11 is 0. The zero-order valence-corrected chi connectivity index (χ0v) is 11.1. The van der Waals surface area contributed by atoms with Gasteiger partial charge in [-0.15, -0.1) is 0 Å². The van der Waals surface area contributed by atoms with Gasteiger partial charge in [0.2, 0.25) is 0 Å². The molecule has 0 bridgehead atoms. The fraction of sp³-hybridized carbons (Fsp3) is 0.583. The maximum atomic E-state index is 11.5. The Morgan fingerprint density at radius 1 is 1.58 bits per heavy atom. The molecule has 2 aromatic heterocycles. The molecule has 0 saturated heterocycles. The van der Waals surface area contributed by atoms with E-state index in [4.69, 9.17) is 0 Å². The van der Waals surface area contributed by atoms with Crippen LogP contribution in [0.3, 0.4) is 0 Å². The molecule has 3 N–H and O–H groups in total. The molecule has 0 amide bonds. The highest BCUT2D eigenvalue weighted by molar-refractivity contribution is 5.50. The Morgan fingerprint density at radius 2 is 2.32 bits per heavy atom. The van der Waals surface area contributed by atoms with Gasteiger partial charge in [-0.3, -0.25) is 0 Å². The van der Waals surface area contributed by atoms with Gasteiger partial charge in [0.25, 0.3) is 0 Å². The van der Waals surface area contributed by atoms with Crippen molar-refractivity contribution in [2.24, 2.45) is 5.41 Å². The summed E-state index contributed by atoms with van der Waals surface area (Å²) in [5.74, 6) is 1.26. The van der Waals surface area contributed by atoms with Crippen LogP contribution in [-0.4, -0.2) is 36.8 Å². The van der Waals surface area contributed by atoms with E-state index in [9.17, 15) is 9.90 Å². The van der Waals surface area contributed by atoms with Gasteiger partial charge in [0, 0.05) is 17.5 Å². The van der Waals surface area contributed by atoms with Crippen LogP contribution in [0.2, 0.25) is 0 Å². The van der Waals surface area contributed by atoms with E-state index in [0.29, 0.717) is 23.7 Å². The number of nitrogens with one attached hydrogen (secondary N) is 2. The zero-order valence-electron chi connectivity index (χ0n) is 11.1. The zero-order chi connectivity index (χ0) is 13.8. The number of aryl methyl sites for hydroxylation is 1. The van der Waals surface area contributed by atoms with Gasteiger partial charge in [-0.1, -0.05) is 13.8 Å². The summed E-state index contributed by atoms with van der Waals surface area (Å²) in [7, 11) is 0. The predicted octanol–water partition coefficient (Wildman–Crippen LogP) is 0.297. The topological polar surface area (TPSA) is 95.3 Å². The summed E-state index contributed by atoms with van der Waals surface area (Å²) in [6, 6.07) is 1.90. The number of fused-ring (bicyclic) bond motifs is 1. The Balaban J connectivity index is 1.93. The quantitative estimate of drug-likeness (QED) is 0.724. The molecule has 1 aliphatic rings. The Labute approximate surface area is 109 Å². The van der Waals surface area contributed by atoms with Crippen LogP contribution < -0.4 is 11.0 Å². The van der Waals surface area contributed by atoms with Crippen LogP contribution in [-0.2, 0) is 0 Å². The third-order valence-electron chi connectivity index (χ3n) is 4.11. The van der Waals surface area contributed by atoms with Crippen LogP contribution in [0.15, 0.2) is 10.9 Å². The molecule has 0 aliphatic heterocycles. The van der Waals surface area contributed by atoms with E-state index in [0.717, 1.165) is 0 Å². The van der Waals surface area contributed by atoms with E-state index in [1.54, 1.807) is 13.0 Å². The van der Waals surface area contributed by atoms with Gasteiger partial charge in [0.05, 0.1) is 6.10 Å². The van der Waals surface area contributed by atoms with Crippen molar-refractivity contribution >= 4 is 11.5 Å². The van der Waals surface area contributed by atoms with Crippen molar-refractivity contribution in [2.45, 2.75) is 39.3 Å². The molecule has 0 aromatic carbocycles. The number of hydrogen-bond donors (Lipinski definition) is 3. The number of aromatic amines is 1. The van der Waals surface area contributed by atoms with Crippen LogP contribution >= 0.6 is 0 Å². The number of H-pyrrole nitrogens is 1. The Kier molecular flexibility index (Phi) is 2.43. The van der Waals surface area contributed by atoms with Crippen molar-refractivity contribution in [3.05, 3.63) is 22.4 Å². The summed E-state index contributed by atoms with van der Waals surface area (Å²) in [6.07, 6.45) is 0.412. The van der Waals surface area contributed by atoms with Crippen LogP contribution in [0.5, 0.6) is 0 Å². The average molecular weight is 263 g/mol. The van der Waals surface area contributed by atoms with Gasteiger partial charge in [-0.2, -0.15) is 5.10 Å². The standard InChI is InChI=1S/C12H17N5O2/c1-6-13-9(5-10-15-16-11(19)17(6)10)14-7-4-8(18)12(7,2)3/h5,7-8,14,18H,4H2,1-3H3,(H,16,19). The SMILES string of the molecule is Cc1nc(NC2CC(O)C2(C)C)cc2n[nH]c(=O)n12. The second-order valence-corrected chi connectivity index (χ2v) is 5.68. The Bertz CT molecular complexity index is 687. The van der Waals surface area contributed by atoms with Crippen molar-refractivity contribution in [3.63, 3.8) is 0 Å². The normalized spacial score (nSPS) is 25.3. The second-order valence-electron chi connectivity index (χ2n) is 5.68. The molecule has 0 radical (unpaired) electrons. The summed E-state index contributed by atoms with van der Waals surface area (Å²) < 4.78 is 1.42. The lowest BCUT2D eigenvalue weighted by Crippen LogP contribution is -2.57. The van der Waals surface area contributed by atoms with E-state index >= 15 is 0 Å². The number of aliphatic hydroxyl groups excluding tert-OH is 1. The van der Waals surface area contributed by atoms with Crippen LogP contribution in [0.4, 0.5) is 5.82 Å². The molecule has 1 saturated carbocycles. The van der Waals surface area contributed by atoms with Gasteiger partial charge in [-0.25, -0.2) is 19.3 Å². The monoisotopic (exact) mass is 263 g/mol. The molecule has 19 heavy (non-hydrogen) atoms. The molecule has 102 valence electrons. The maximum Gasteiger partial charge on any atom is 0.349 e. The summed E-state index contributed by atoms with van der Waals surface area (Å²) in [5.41, 5.74) is 0.0797. The minimum atomic E-state index is -0.289. The molecule has 2 aromatic rings. The first-order valence-electron chi connectivity index (χ1n) is 6.29. The molecule has 0 spiro atoms. The van der Waals surface area contributed by atoms with Crippen molar-refractivity contribution < 1.29 is 5.11 Å². The lowest BCUT2D eigenvalue weighted by Gasteiger charge is -2.49. The number of aliphatic hydroxyl groups is 1. The average Bonchev–Trinajstić information content (AvgIpc) is 2.71. The molecule has 2 unspecified atom stereocenters. The Hall–Kier alpha value is -1.89. The minimum Gasteiger partial charge on any atom is -0.392 e. The van der Waals surface area contributed by atoms with Crippen molar-refractivity contribution in [2.75, 3.05) is 5.32 Å².